The molecule has 0 atom stereocenters. The van der Waals surface area contributed by atoms with Crippen molar-refractivity contribution >= 4 is 10.9 Å². The Hall–Kier alpha value is -1.51. The topological polar surface area (TPSA) is 38.7 Å². The zero-order valence-electron chi connectivity index (χ0n) is 11.2. The van der Waals surface area contributed by atoms with E-state index in [9.17, 15) is 0 Å². The van der Waals surface area contributed by atoms with E-state index in [1.165, 1.54) is 5.56 Å². The maximum atomic E-state index is 4.62. The van der Waals surface area contributed by atoms with Gasteiger partial charge >= 0.3 is 0 Å². The molecule has 0 aliphatic carbocycles. The third-order valence-corrected chi connectivity index (χ3v) is 2.91. The van der Waals surface area contributed by atoms with Gasteiger partial charge in [-0.15, -0.1) is 0 Å². The average Bonchev–Trinajstić information content (AvgIpc) is 2.26. The van der Waals surface area contributed by atoms with E-state index in [1.807, 2.05) is 12.4 Å². The molecule has 0 aromatic carbocycles. The van der Waals surface area contributed by atoms with Crippen LogP contribution < -0.4 is 0 Å². The number of aromatic nitrogens is 3. The maximum absolute atomic E-state index is 4.62. The number of hydrogen-bond acceptors (Lipinski definition) is 3. The third-order valence-electron chi connectivity index (χ3n) is 2.91. The standard InChI is InChI=1S/C14H19N3/c1-9(2)10-7-16-13(14(3,4)5)11-6-15-8-17-12(10)11/h6-9H,1-5H3. The molecule has 0 aliphatic rings. The summed E-state index contributed by atoms with van der Waals surface area (Å²) in [5, 5.41) is 1.08. The van der Waals surface area contributed by atoms with Crippen LogP contribution in [0.15, 0.2) is 18.7 Å². The highest BCUT2D eigenvalue weighted by Gasteiger charge is 2.21. The van der Waals surface area contributed by atoms with Crippen molar-refractivity contribution in [3.05, 3.63) is 30.0 Å². The van der Waals surface area contributed by atoms with Crippen molar-refractivity contribution in [3.8, 4) is 0 Å². The average molecular weight is 229 g/mol. The zero-order valence-corrected chi connectivity index (χ0v) is 11.2. The van der Waals surface area contributed by atoms with Gasteiger partial charge in [-0.2, -0.15) is 0 Å². The van der Waals surface area contributed by atoms with Crippen LogP contribution in [0, 0.1) is 0 Å². The van der Waals surface area contributed by atoms with E-state index in [4.69, 9.17) is 0 Å². The van der Waals surface area contributed by atoms with E-state index in [0.29, 0.717) is 5.92 Å². The molecule has 90 valence electrons. The van der Waals surface area contributed by atoms with Crippen molar-refractivity contribution in [2.24, 2.45) is 0 Å². The second-order valence-electron chi connectivity index (χ2n) is 5.75. The minimum absolute atomic E-state index is 0.0124. The second kappa shape index (κ2) is 4.06. The van der Waals surface area contributed by atoms with Crippen LogP contribution in [0.1, 0.15) is 51.8 Å². The van der Waals surface area contributed by atoms with Gasteiger partial charge in [0, 0.05) is 23.2 Å². The summed E-state index contributed by atoms with van der Waals surface area (Å²) in [7, 11) is 0. The first-order valence-corrected chi connectivity index (χ1v) is 6.00. The highest BCUT2D eigenvalue weighted by atomic mass is 14.8. The summed E-state index contributed by atoms with van der Waals surface area (Å²) in [6, 6.07) is 0. The molecule has 0 N–H and O–H groups in total. The summed E-state index contributed by atoms with van der Waals surface area (Å²) >= 11 is 0. The molecular weight excluding hydrogens is 210 g/mol. The van der Waals surface area contributed by atoms with Crippen LogP contribution in [-0.2, 0) is 5.41 Å². The Bertz CT molecular complexity index is 539. The van der Waals surface area contributed by atoms with Crippen LogP contribution in [0.5, 0.6) is 0 Å². The lowest BCUT2D eigenvalue weighted by atomic mass is 9.88. The fourth-order valence-corrected chi connectivity index (χ4v) is 2.02. The SMILES string of the molecule is CC(C)c1cnc(C(C)(C)C)c2cncnc12. The molecule has 0 unspecified atom stereocenters. The van der Waals surface area contributed by atoms with Crippen molar-refractivity contribution in [1.29, 1.82) is 0 Å². The van der Waals surface area contributed by atoms with Gasteiger partial charge in [0.1, 0.15) is 6.33 Å². The normalized spacial score (nSPS) is 12.4. The lowest BCUT2D eigenvalue weighted by Gasteiger charge is -2.21. The first-order valence-electron chi connectivity index (χ1n) is 6.00. The molecule has 0 amide bonds. The molecule has 0 saturated carbocycles. The van der Waals surface area contributed by atoms with Gasteiger partial charge in [-0.1, -0.05) is 34.6 Å². The van der Waals surface area contributed by atoms with Crippen LogP contribution in [0.4, 0.5) is 0 Å². The number of fused-ring (bicyclic) bond motifs is 1. The molecule has 2 rings (SSSR count). The molecule has 0 spiro atoms. The Morgan fingerprint density at radius 2 is 1.76 bits per heavy atom. The minimum atomic E-state index is 0.0124. The number of pyridine rings is 1. The summed E-state index contributed by atoms with van der Waals surface area (Å²) < 4.78 is 0. The quantitative estimate of drug-likeness (QED) is 0.751. The van der Waals surface area contributed by atoms with Crippen LogP contribution in [-0.4, -0.2) is 15.0 Å². The highest BCUT2D eigenvalue weighted by molar-refractivity contribution is 5.83. The first kappa shape index (κ1) is 12.0. The summed E-state index contributed by atoms with van der Waals surface area (Å²) in [5.41, 5.74) is 3.31. The monoisotopic (exact) mass is 229 g/mol. The molecule has 3 heteroatoms. The van der Waals surface area contributed by atoms with E-state index in [2.05, 4.69) is 49.6 Å². The Kier molecular flexibility index (Phi) is 2.86. The Balaban J connectivity index is 2.80. The van der Waals surface area contributed by atoms with Crippen molar-refractivity contribution in [2.75, 3.05) is 0 Å². The molecule has 0 saturated heterocycles. The van der Waals surface area contributed by atoms with Gasteiger partial charge in [0.2, 0.25) is 0 Å². The van der Waals surface area contributed by atoms with Gasteiger partial charge in [0.25, 0.3) is 0 Å². The summed E-state index contributed by atoms with van der Waals surface area (Å²) in [5.74, 6) is 0.425. The minimum Gasteiger partial charge on any atom is -0.260 e. The predicted molar refractivity (Wildman–Crippen MR) is 70.1 cm³/mol. The predicted octanol–water partition coefficient (Wildman–Crippen LogP) is 3.45. The molecule has 3 nitrogen and oxygen atoms in total. The largest absolute Gasteiger partial charge is 0.260 e. The van der Waals surface area contributed by atoms with E-state index < -0.39 is 0 Å². The van der Waals surface area contributed by atoms with Gasteiger partial charge < -0.3 is 0 Å². The molecule has 0 radical (unpaired) electrons. The number of rotatable bonds is 1. The molecule has 0 bridgehead atoms. The zero-order chi connectivity index (χ0) is 12.6. The number of nitrogens with zero attached hydrogens (tertiary/aromatic N) is 3. The summed E-state index contributed by atoms with van der Waals surface area (Å²) in [6.45, 7) is 10.8. The third kappa shape index (κ3) is 2.14. The molecule has 2 aromatic heterocycles. The van der Waals surface area contributed by atoms with Gasteiger partial charge in [0.15, 0.2) is 0 Å². The van der Waals surface area contributed by atoms with Crippen LogP contribution >= 0.6 is 0 Å². The van der Waals surface area contributed by atoms with Crippen molar-refractivity contribution in [3.63, 3.8) is 0 Å². The lowest BCUT2D eigenvalue weighted by Crippen LogP contribution is -2.15. The van der Waals surface area contributed by atoms with Gasteiger partial charge in [-0.3, -0.25) is 4.98 Å². The van der Waals surface area contributed by atoms with Crippen molar-refractivity contribution in [1.82, 2.24) is 15.0 Å². The molecular formula is C14H19N3. The fraction of sp³-hybridized carbons (Fsp3) is 0.500. The molecule has 0 fully saturated rings. The van der Waals surface area contributed by atoms with Crippen LogP contribution in [0.2, 0.25) is 0 Å². The molecule has 0 aliphatic heterocycles. The Labute approximate surface area is 102 Å². The van der Waals surface area contributed by atoms with Gasteiger partial charge in [0.05, 0.1) is 11.2 Å². The Morgan fingerprint density at radius 3 is 2.35 bits per heavy atom. The van der Waals surface area contributed by atoms with Crippen LogP contribution in [0.3, 0.4) is 0 Å². The van der Waals surface area contributed by atoms with Gasteiger partial charge in [-0.25, -0.2) is 9.97 Å². The van der Waals surface area contributed by atoms with Crippen molar-refractivity contribution < 1.29 is 0 Å². The highest BCUT2D eigenvalue weighted by Crippen LogP contribution is 2.30. The van der Waals surface area contributed by atoms with E-state index >= 15 is 0 Å². The van der Waals surface area contributed by atoms with E-state index in [1.54, 1.807) is 6.33 Å². The smallest absolute Gasteiger partial charge is 0.116 e. The summed E-state index contributed by atoms with van der Waals surface area (Å²) in [6.07, 6.45) is 5.45. The maximum Gasteiger partial charge on any atom is 0.116 e. The first-order chi connectivity index (χ1) is 7.91. The second-order valence-corrected chi connectivity index (χ2v) is 5.75. The Morgan fingerprint density at radius 1 is 1.06 bits per heavy atom. The van der Waals surface area contributed by atoms with E-state index in [-0.39, 0.29) is 5.41 Å². The lowest BCUT2D eigenvalue weighted by molar-refractivity contribution is 0.574. The summed E-state index contributed by atoms with van der Waals surface area (Å²) in [4.78, 5) is 13.2. The van der Waals surface area contributed by atoms with E-state index in [0.717, 1.165) is 16.6 Å². The van der Waals surface area contributed by atoms with Crippen LogP contribution in [0.25, 0.3) is 10.9 Å². The molecule has 17 heavy (non-hydrogen) atoms. The number of hydrogen-bond donors (Lipinski definition) is 0. The molecule has 2 heterocycles. The molecule has 2 aromatic rings. The van der Waals surface area contributed by atoms with Crippen molar-refractivity contribution in [2.45, 2.75) is 46.0 Å². The fourth-order valence-electron chi connectivity index (χ4n) is 2.02. The van der Waals surface area contributed by atoms with Gasteiger partial charge in [-0.05, 0) is 11.5 Å².